The number of aromatic hydroxyl groups is 1. The van der Waals surface area contributed by atoms with Crippen molar-refractivity contribution < 1.29 is 19.4 Å². The lowest BCUT2D eigenvalue weighted by molar-refractivity contribution is 0.0697. The molecule has 0 saturated carbocycles. The highest BCUT2D eigenvalue weighted by atomic mass is 16.4. The topological polar surface area (TPSA) is 87.7 Å². The molecule has 0 amide bonds. The van der Waals surface area contributed by atoms with E-state index in [1.165, 1.54) is 12.1 Å². The highest BCUT2D eigenvalue weighted by molar-refractivity contribution is 5.89. The first-order valence-corrected chi connectivity index (χ1v) is 7.86. The summed E-state index contributed by atoms with van der Waals surface area (Å²) in [4.78, 5) is 23.5. The van der Waals surface area contributed by atoms with Gasteiger partial charge in [0.15, 0.2) is 5.43 Å². The lowest BCUT2D eigenvalue weighted by Crippen LogP contribution is -2.08. The highest BCUT2D eigenvalue weighted by Gasteiger charge is 2.24. The zero-order chi connectivity index (χ0) is 17.6. The fraction of sp³-hybridized carbons (Fsp3) is 0.100. The van der Waals surface area contributed by atoms with Gasteiger partial charge in [0.1, 0.15) is 17.1 Å². The van der Waals surface area contributed by atoms with Gasteiger partial charge in [-0.05, 0) is 60.4 Å². The molecule has 5 heteroatoms. The van der Waals surface area contributed by atoms with Crippen molar-refractivity contribution in [2.45, 2.75) is 12.8 Å². The minimum absolute atomic E-state index is 0.0343. The van der Waals surface area contributed by atoms with Crippen molar-refractivity contribution in [3.05, 3.63) is 75.1 Å². The van der Waals surface area contributed by atoms with Crippen molar-refractivity contribution in [2.75, 3.05) is 0 Å². The van der Waals surface area contributed by atoms with Crippen molar-refractivity contribution in [1.29, 1.82) is 0 Å². The minimum Gasteiger partial charge on any atom is -0.508 e. The third kappa shape index (κ3) is 2.59. The van der Waals surface area contributed by atoms with E-state index in [1.54, 1.807) is 30.3 Å². The van der Waals surface area contributed by atoms with E-state index in [1.807, 2.05) is 6.08 Å². The summed E-state index contributed by atoms with van der Waals surface area (Å²) in [5.74, 6) is -0.358. The van der Waals surface area contributed by atoms with E-state index in [-0.39, 0.29) is 16.7 Å². The number of fused-ring (bicyclic) bond motifs is 2. The van der Waals surface area contributed by atoms with Gasteiger partial charge in [0.2, 0.25) is 0 Å². The van der Waals surface area contributed by atoms with Gasteiger partial charge in [0, 0.05) is 5.56 Å². The third-order valence-electron chi connectivity index (χ3n) is 4.40. The summed E-state index contributed by atoms with van der Waals surface area (Å²) >= 11 is 0. The van der Waals surface area contributed by atoms with Crippen LogP contribution >= 0.6 is 0 Å². The molecule has 1 aliphatic rings. The Labute approximate surface area is 142 Å². The first-order valence-electron chi connectivity index (χ1n) is 7.86. The van der Waals surface area contributed by atoms with Gasteiger partial charge in [-0.1, -0.05) is 12.1 Å². The minimum atomic E-state index is -0.967. The van der Waals surface area contributed by atoms with Crippen molar-refractivity contribution in [3.8, 4) is 5.75 Å². The van der Waals surface area contributed by atoms with E-state index in [2.05, 4.69) is 0 Å². The van der Waals surface area contributed by atoms with Gasteiger partial charge in [-0.25, -0.2) is 4.79 Å². The number of phenolic OH excluding ortho intramolecular Hbond substituents is 1. The molecule has 0 unspecified atom stereocenters. The number of carbonyl (C=O) groups is 1. The molecular weight excluding hydrogens is 320 g/mol. The summed E-state index contributed by atoms with van der Waals surface area (Å²) in [6.07, 6.45) is 3.17. The molecule has 0 atom stereocenters. The fourth-order valence-corrected chi connectivity index (χ4v) is 3.14. The van der Waals surface area contributed by atoms with Crippen LogP contribution in [0.25, 0.3) is 22.6 Å². The summed E-state index contributed by atoms with van der Waals surface area (Å²) in [7, 11) is 0. The Kier molecular flexibility index (Phi) is 3.42. The fourth-order valence-electron chi connectivity index (χ4n) is 3.14. The van der Waals surface area contributed by atoms with Gasteiger partial charge in [0.05, 0.1) is 10.9 Å². The molecule has 1 aromatic heterocycles. The number of hydrogen-bond acceptors (Lipinski definition) is 4. The number of allylic oxidation sites excluding steroid dienone is 1. The predicted molar refractivity (Wildman–Crippen MR) is 93.7 cm³/mol. The lowest BCUT2D eigenvalue weighted by atomic mass is 10.1. The largest absolute Gasteiger partial charge is 0.508 e. The lowest BCUT2D eigenvalue weighted by Gasteiger charge is -2.04. The normalized spacial score (nSPS) is 14.8. The van der Waals surface area contributed by atoms with Gasteiger partial charge < -0.3 is 14.6 Å². The van der Waals surface area contributed by atoms with Gasteiger partial charge in [0.25, 0.3) is 0 Å². The number of carboxylic acid groups (broad SMARTS) is 1. The number of rotatable bonds is 2. The Bertz CT molecular complexity index is 1090. The summed E-state index contributed by atoms with van der Waals surface area (Å²) in [5.41, 5.74) is 2.93. The molecule has 0 bridgehead atoms. The Morgan fingerprint density at radius 1 is 1.08 bits per heavy atom. The SMILES string of the molecule is O=C(O)c1ccc(/C=C2\CCc3c2oc2ccc(O)cc2c3=O)cc1. The van der Waals surface area contributed by atoms with Gasteiger partial charge in [-0.3, -0.25) is 4.79 Å². The number of hydrogen-bond donors (Lipinski definition) is 2. The van der Waals surface area contributed by atoms with Crippen molar-refractivity contribution in [2.24, 2.45) is 0 Å². The zero-order valence-corrected chi connectivity index (χ0v) is 13.2. The van der Waals surface area contributed by atoms with E-state index in [0.29, 0.717) is 35.1 Å². The second-order valence-electron chi connectivity index (χ2n) is 6.02. The molecule has 124 valence electrons. The Balaban J connectivity index is 1.81. The van der Waals surface area contributed by atoms with Gasteiger partial charge in [-0.2, -0.15) is 0 Å². The molecule has 0 spiro atoms. The quantitative estimate of drug-likeness (QED) is 0.746. The highest BCUT2D eigenvalue weighted by Crippen LogP contribution is 2.34. The van der Waals surface area contributed by atoms with Crippen LogP contribution in [0.3, 0.4) is 0 Å². The molecule has 4 rings (SSSR count). The molecule has 2 N–H and O–H groups in total. The van der Waals surface area contributed by atoms with E-state index in [4.69, 9.17) is 9.52 Å². The molecule has 5 nitrogen and oxygen atoms in total. The van der Waals surface area contributed by atoms with Crippen LogP contribution in [0.4, 0.5) is 0 Å². The molecular formula is C20H14O5. The smallest absolute Gasteiger partial charge is 0.335 e. The van der Waals surface area contributed by atoms with E-state index < -0.39 is 5.97 Å². The number of benzene rings is 2. The first kappa shape index (κ1) is 15.2. The van der Waals surface area contributed by atoms with Crippen LogP contribution in [0.5, 0.6) is 5.75 Å². The Morgan fingerprint density at radius 3 is 2.56 bits per heavy atom. The summed E-state index contributed by atoms with van der Waals surface area (Å²) < 4.78 is 5.91. The summed E-state index contributed by atoms with van der Waals surface area (Å²) in [6.45, 7) is 0. The monoisotopic (exact) mass is 334 g/mol. The maximum atomic E-state index is 12.6. The van der Waals surface area contributed by atoms with Crippen LogP contribution in [0, 0.1) is 0 Å². The molecule has 25 heavy (non-hydrogen) atoms. The average molecular weight is 334 g/mol. The summed E-state index contributed by atoms with van der Waals surface area (Å²) in [5, 5.41) is 18.9. The molecule has 3 aromatic rings. The molecule has 0 fully saturated rings. The van der Waals surface area contributed by atoms with Crippen LogP contribution in [0.1, 0.15) is 33.7 Å². The Hall–Kier alpha value is -3.34. The van der Waals surface area contributed by atoms with Crippen LogP contribution in [0.15, 0.2) is 51.7 Å². The first-order chi connectivity index (χ1) is 12.0. The van der Waals surface area contributed by atoms with E-state index in [9.17, 15) is 14.7 Å². The molecule has 0 radical (unpaired) electrons. The summed E-state index contributed by atoms with van der Waals surface area (Å²) in [6, 6.07) is 11.0. The second kappa shape index (κ2) is 5.63. The van der Waals surface area contributed by atoms with Crippen LogP contribution in [-0.4, -0.2) is 16.2 Å². The van der Waals surface area contributed by atoms with Gasteiger partial charge >= 0.3 is 5.97 Å². The van der Waals surface area contributed by atoms with Crippen LogP contribution < -0.4 is 5.43 Å². The van der Waals surface area contributed by atoms with Gasteiger partial charge in [-0.15, -0.1) is 0 Å². The number of phenols is 1. The maximum Gasteiger partial charge on any atom is 0.335 e. The second-order valence-corrected chi connectivity index (χ2v) is 6.02. The standard InChI is InChI=1S/C20H14O5/c21-14-6-8-17-16(10-14)18(22)15-7-5-13(19(15)25-17)9-11-1-3-12(4-2-11)20(23)24/h1-4,6,8-10,21H,5,7H2,(H,23,24)/b13-9+. The van der Waals surface area contributed by atoms with Crippen molar-refractivity contribution in [3.63, 3.8) is 0 Å². The molecule has 0 aliphatic heterocycles. The van der Waals surface area contributed by atoms with E-state index >= 15 is 0 Å². The number of carboxylic acids is 1. The predicted octanol–water partition coefficient (Wildman–Crippen LogP) is 3.68. The number of aromatic carboxylic acids is 1. The molecule has 2 aromatic carbocycles. The van der Waals surface area contributed by atoms with Crippen molar-refractivity contribution >= 4 is 28.6 Å². The molecule has 1 aliphatic carbocycles. The average Bonchev–Trinajstić information content (AvgIpc) is 2.99. The Morgan fingerprint density at radius 2 is 1.84 bits per heavy atom. The molecule has 1 heterocycles. The zero-order valence-electron chi connectivity index (χ0n) is 13.2. The maximum absolute atomic E-state index is 12.6. The van der Waals surface area contributed by atoms with Crippen LogP contribution in [0.2, 0.25) is 0 Å². The van der Waals surface area contributed by atoms with Crippen LogP contribution in [-0.2, 0) is 6.42 Å². The molecule has 0 saturated heterocycles. The third-order valence-corrected chi connectivity index (χ3v) is 4.40. The van der Waals surface area contributed by atoms with E-state index in [0.717, 1.165) is 11.1 Å². The van der Waals surface area contributed by atoms with Crippen molar-refractivity contribution in [1.82, 2.24) is 0 Å².